The molecule has 0 saturated carbocycles. The number of carbonyl (C=O) groups excluding carboxylic acids is 1. The highest BCUT2D eigenvalue weighted by molar-refractivity contribution is 5.95. The Bertz CT molecular complexity index is 719. The van der Waals surface area contributed by atoms with Crippen molar-refractivity contribution in [3.05, 3.63) is 59.2 Å². The Balaban J connectivity index is 1.96. The van der Waals surface area contributed by atoms with Crippen LogP contribution in [-0.2, 0) is 4.79 Å². The fourth-order valence-corrected chi connectivity index (χ4v) is 2.23. The number of hydrogen-bond donors (Lipinski definition) is 2. The summed E-state index contributed by atoms with van der Waals surface area (Å²) in [7, 11) is 0. The molecule has 6 heteroatoms. The van der Waals surface area contributed by atoms with Crippen LogP contribution in [0.15, 0.2) is 36.4 Å². The number of hydrogen-bond acceptors (Lipinski definition) is 3. The van der Waals surface area contributed by atoms with Gasteiger partial charge in [-0.05, 0) is 23.8 Å². The average Bonchev–Trinajstić information content (AvgIpc) is 2.46. The molecular formula is C15H12F2N2O2. The Hall–Kier alpha value is -2.47. The van der Waals surface area contributed by atoms with E-state index < -0.39 is 17.7 Å². The number of amides is 1. The van der Waals surface area contributed by atoms with E-state index in [2.05, 4.69) is 5.32 Å². The summed E-state index contributed by atoms with van der Waals surface area (Å²) in [6.45, 7) is -0.0367. The quantitative estimate of drug-likeness (QED) is 0.892. The number of anilines is 1. The van der Waals surface area contributed by atoms with Gasteiger partial charge in [-0.3, -0.25) is 4.79 Å². The molecule has 0 spiro atoms. The first kappa shape index (κ1) is 13.5. The van der Waals surface area contributed by atoms with Crippen molar-refractivity contribution in [2.75, 3.05) is 11.9 Å². The Kier molecular flexibility index (Phi) is 3.31. The van der Waals surface area contributed by atoms with Crippen molar-refractivity contribution >= 4 is 11.6 Å². The van der Waals surface area contributed by atoms with E-state index in [1.165, 1.54) is 6.07 Å². The molecule has 2 aromatic rings. The van der Waals surface area contributed by atoms with Crippen molar-refractivity contribution in [1.82, 2.24) is 0 Å². The van der Waals surface area contributed by atoms with Gasteiger partial charge in [0, 0.05) is 11.6 Å². The maximum absolute atomic E-state index is 13.8. The van der Waals surface area contributed by atoms with E-state index in [0.29, 0.717) is 17.0 Å². The molecule has 0 aromatic heterocycles. The minimum atomic E-state index is -0.769. The smallest absolute Gasteiger partial charge is 0.262 e. The van der Waals surface area contributed by atoms with Gasteiger partial charge in [-0.25, -0.2) is 8.78 Å². The zero-order chi connectivity index (χ0) is 15.0. The summed E-state index contributed by atoms with van der Waals surface area (Å²) in [5, 5.41) is 2.66. The highest BCUT2D eigenvalue weighted by atomic mass is 19.1. The molecule has 0 aliphatic carbocycles. The molecule has 0 radical (unpaired) electrons. The molecule has 1 amide bonds. The molecule has 1 unspecified atom stereocenters. The second-order valence-electron chi connectivity index (χ2n) is 4.74. The van der Waals surface area contributed by atoms with Crippen molar-refractivity contribution in [1.29, 1.82) is 0 Å². The van der Waals surface area contributed by atoms with Gasteiger partial charge in [0.15, 0.2) is 6.61 Å². The second-order valence-corrected chi connectivity index (χ2v) is 4.74. The van der Waals surface area contributed by atoms with Gasteiger partial charge in [0.05, 0.1) is 11.7 Å². The molecule has 21 heavy (non-hydrogen) atoms. The lowest BCUT2D eigenvalue weighted by atomic mass is 9.98. The number of halogens is 2. The number of fused-ring (bicyclic) bond motifs is 1. The van der Waals surface area contributed by atoms with E-state index in [9.17, 15) is 13.6 Å². The summed E-state index contributed by atoms with van der Waals surface area (Å²) in [4.78, 5) is 11.3. The number of carbonyl (C=O) groups is 1. The van der Waals surface area contributed by atoms with Crippen LogP contribution in [0.1, 0.15) is 17.2 Å². The predicted octanol–water partition coefficient (Wildman–Crippen LogP) is 2.34. The molecule has 1 aliphatic heterocycles. The Morgan fingerprint density at radius 2 is 2.00 bits per heavy atom. The lowest BCUT2D eigenvalue weighted by molar-refractivity contribution is -0.118. The fraction of sp³-hybridized carbons (Fsp3) is 0.133. The van der Waals surface area contributed by atoms with Crippen molar-refractivity contribution < 1.29 is 18.3 Å². The van der Waals surface area contributed by atoms with Crippen LogP contribution < -0.4 is 15.8 Å². The highest BCUT2D eigenvalue weighted by Gasteiger charge is 2.19. The van der Waals surface area contributed by atoms with Crippen molar-refractivity contribution in [2.24, 2.45) is 5.73 Å². The van der Waals surface area contributed by atoms with Crippen LogP contribution in [0.2, 0.25) is 0 Å². The van der Waals surface area contributed by atoms with Gasteiger partial charge in [0.1, 0.15) is 17.4 Å². The van der Waals surface area contributed by atoms with Gasteiger partial charge in [0.2, 0.25) is 0 Å². The molecular weight excluding hydrogens is 278 g/mol. The third kappa shape index (κ3) is 2.57. The minimum absolute atomic E-state index is 0.0367. The molecule has 1 aliphatic rings. The van der Waals surface area contributed by atoms with Crippen LogP contribution >= 0.6 is 0 Å². The SMILES string of the molecule is NC(c1ccc2c(c1)NC(=O)CO2)c1ccc(F)cc1F. The molecule has 108 valence electrons. The van der Waals surface area contributed by atoms with Crippen LogP contribution in [0.4, 0.5) is 14.5 Å². The van der Waals surface area contributed by atoms with Crippen molar-refractivity contribution in [3.63, 3.8) is 0 Å². The fourth-order valence-electron chi connectivity index (χ4n) is 2.23. The summed E-state index contributed by atoms with van der Waals surface area (Å²) in [5.74, 6) is -1.10. The van der Waals surface area contributed by atoms with Crippen LogP contribution in [0, 0.1) is 11.6 Å². The third-order valence-corrected chi connectivity index (χ3v) is 3.29. The van der Waals surface area contributed by atoms with Crippen LogP contribution in [0.5, 0.6) is 5.75 Å². The van der Waals surface area contributed by atoms with Crippen LogP contribution in [0.3, 0.4) is 0 Å². The average molecular weight is 290 g/mol. The number of nitrogens with one attached hydrogen (secondary N) is 1. The topological polar surface area (TPSA) is 64.3 Å². The van der Waals surface area contributed by atoms with Crippen molar-refractivity contribution in [3.8, 4) is 5.75 Å². The Labute approximate surface area is 119 Å². The van der Waals surface area contributed by atoms with Gasteiger partial charge >= 0.3 is 0 Å². The molecule has 3 N–H and O–H groups in total. The van der Waals surface area contributed by atoms with Gasteiger partial charge in [-0.15, -0.1) is 0 Å². The van der Waals surface area contributed by atoms with Crippen LogP contribution in [-0.4, -0.2) is 12.5 Å². The number of rotatable bonds is 2. The number of benzene rings is 2. The van der Waals surface area contributed by atoms with E-state index in [1.54, 1.807) is 18.2 Å². The van der Waals surface area contributed by atoms with E-state index in [4.69, 9.17) is 10.5 Å². The van der Waals surface area contributed by atoms with Crippen molar-refractivity contribution in [2.45, 2.75) is 6.04 Å². The first-order chi connectivity index (χ1) is 10.0. The maximum atomic E-state index is 13.8. The molecule has 2 aromatic carbocycles. The van der Waals surface area contributed by atoms with Gasteiger partial charge < -0.3 is 15.8 Å². The lowest BCUT2D eigenvalue weighted by Gasteiger charge is -2.20. The zero-order valence-corrected chi connectivity index (χ0v) is 10.9. The summed E-state index contributed by atoms with van der Waals surface area (Å²) in [6, 6.07) is 7.45. The zero-order valence-electron chi connectivity index (χ0n) is 10.9. The second kappa shape index (κ2) is 5.14. The van der Waals surface area contributed by atoms with E-state index in [-0.39, 0.29) is 18.1 Å². The van der Waals surface area contributed by atoms with Crippen LogP contribution in [0.25, 0.3) is 0 Å². The van der Waals surface area contributed by atoms with E-state index in [1.807, 2.05) is 0 Å². The maximum Gasteiger partial charge on any atom is 0.262 e. The van der Waals surface area contributed by atoms with Gasteiger partial charge in [-0.1, -0.05) is 12.1 Å². The standard InChI is InChI=1S/C15H12F2N2O2/c16-9-2-3-10(11(17)6-9)15(18)8-1-4-13-12(5-8)19-14(20)7-21-13/h1-6,15H,7,18H2,(H,19,20). The monoisotopic (exact) mass is 290 g/mol. The summed E-state index contributed by atoms with van der Waals surface area (Å²) < 4.78 is 31.9. The molecule has 3 rings (SSSR count). The normalized spacial score (nSPS) is 14.9. The summed E-state index contributed by atoms with van der Waals surface area (Å²) in [6.07, 6.45) is 0. The third-order valence-electron chi connectivity index (χ3n) is 3.29. The molecule has 0 bridgehead atoms. The highest BCUT2D eigenvalue weighted by Crippen LogP contribution is 2.32. The molecule has 1 heterocycles. The molecule has 4 nitrogen and oxygen atoms in total. The van der Waals surface area contributed by atoms with Gasteiger partial charge in [-0.2, -0.15) is 0 Å². The first-order valence-corrected chi connectivity index (χ1v) is 6.32. The summed E-state index contributed by atoms with van der Waals surface area (Å²) in [5.41, 5.74) is 7.27. The minimum Gasteiger partial charge on any atom is -0.482 e. The largest absolute Gasteiger partial charge is 0.482 e. The van der Waals surface area contributed by atoms with Gasteiger partial charge in [0.25, 0.3) is 5.91 Å². The first-order valence-electron chi connectivity index (χ1n) is 6.32. The van der Waals surface area contributed by atoms with E-state index >= 15 is 0 Å². The van der Waals surface area contributed by atoms with E-state index in [0.717, 1.165) is 12.1 Å². The predicted molar refractivity (Wildman–Crippen MR) is 73.0 cm³/mol. The Morgan fingerprint density at radius 3 is 2.76 bits per heavy atom. The Morgan fingerprint density at radius 1 is 1.19 bits per heavy atom. The summed E-state index contributed by atoms with van der Waals surface area (Å²) >= 11 is 0. The number of ether oxygens (including phenoxy) is 1. The molecule has 1 atom stereocenters. The lowest BCUT2D eigenvalue weighted by Crippen LogP contribution is -2.25. The molecule has 0 fully saturated rings. The number of nitrogens with two attached hydrogens (primary N) is 1. The molecule has 0 saturated heterocycles.